The summed E-state index contributed by atoms with van der Waals surface area (Å²) in [6, 6.07) is 1.53. The summed E-state index contributed by atoms with van der Waals surface area (Å²) >= 11 is 5.58. The van der Waals surface area contributed by atoms with E-state index in [9.17, 15) is 0 Å². The highest BCUT2D eigenvalue weighted by Gasteiger charge is 2.27. The molecule has 1 heterocycles. The molecule has 0 radical (unpaired) electrons. The zero-order chi connectivity index (χ0) is 13.1. The molecule has 3 nitrogen and oxygen atoms in total. The van der Waals surface area contributed by atoms with Gasteiger partial charge in [-0.05, 0) is 37.9 Å². The predicted molar refractivity (Wildman–Crippen MR) is 83.4 cm³/mol. The Kier molecular flexibility index (Phi) is 4.59. The van der Waals surface area contributed by atoms with Gasteiger partial charge in [-0.1, -0.05) is 25.7 Å². The smallest absolute Gasteiger partial charge is 0.169 e. The zero-order valence-corrected chi connectivity index (χ0v) is 12.8. The Hall–Kier alpha value is -0.350. The highest BCUT2D eigenvalue weighted by molar-refractivity contribution is 7.80. The van der Waals surface area contributed by atoms with Crippen LogP contribution in [0.2, 0.25) is 0 Å². The molecular formula is C15H27N3S. The summed E-state index contributed by atoms with van der Waals surface area (Å²) in [7, 11) is 0. The summed E-state index contributed by atoms with van der Waals surface area (Å²) in [6.07, 6.45) is 11.1. The lowest BCUT2D eigenvalue weighted by Gasteiger charge is -2.39. The Bertz CT molecular complexity index is 301. The summed E-state index contributed by atoms with van der Waals surface area (Å²) in [5.41, 5.74) is 0. The molecule has 0 atom stereocenters. The van der Waals surface area contributed by atoms with Gasteiger partial charge in [-0.3, -0.25) is 4.90 Å². The van der Waals surface area contributed by atoms with Crippen LogP contribution in [0.3, 0.4) is 0 Å². The molecule has 1 saturated heterocycles. The molecule has 0 bridgehead atoms. The van der Waals surface area contributed by atoms with Crippen molar-refractivity contribution in [2.75, 3.05) is 26.2 Å². The van der Waals surface area contributed by atoms with Crippen molar-refractivity contribution in [3.63, 3.8) is 0 Å². The van der Waals surface area contributed by atoms with E-state index in [-0.39, 0.29) is 0 Å². The number of nitrogens with zero attached hydrogens (tertiary/aromatic N) is 2. The number of rotatable bonds is 2. The third-order valence-electron chi connectivity index (χ3n) is 5.13. The van der Waals surface area contributed by atoms with Crippen molar-refractivity contribution in [2.24, 2.45) is 0 Å². The molecular weight excluding hydrogens is 254 g/mol. The summed E-state index contributed by atoms with van der Waals surface area (Å²) in [4.78, 5) is 5.08. The Morgan fingerprint density at radius 2 is 1.42 bits per heavy atom. The van der Waals surface area contributed by atoms with Gasteiger partial charge in [0.1, 0.15) is 0 Å². The molecule has 3 fully saturated rings. The molecule has 3 aliphatic rings. The first-order valence-corrected chi connectivity index (χ1v) is 8.53. The van der Waals surface area contributed by atoms with Crippen LogP contribution in [0.5, 0.6) is 0 Å². The number of nitrogens with one attached hydrogen (secondary N) is 1. The first kappa shape index (κ1) is 13.6. The zero-order valence-electron chi connectivity index (χ0n) is 11.9. The molecule has 0 aromatic heterocycles. The third kappa shape index (κ3) is 3.40. The summed E-state index contributed by atoms with van der Waals surface area (Å²) < 4.78 is 0. The van der Waals surface area contributed by atoms with Gasteiger partial charge < -0.3 is 10.2 Å². The minimum absolute atomic E-state index is 0.653. The van der Waals surface area contributed by atoms with Crippen molar-refractivity contribution >= 4 is 17.3 Å². The lowest BCUT2D eigenvalue weighted by atomic mass is 10.2. The van der Waals surface area contributed by atoms with Crippen molar-refractivity contribution in [2.45, 2.75) is 63.5 Å². The van der Waals surface area contributed by atoms with Crippen LogP contribution in [-0.2, 0) is 0 Å². The van der Waals surface area contributed by atoms with Crippen LogP contribution < -0.4 is 5.32 Å². The quantitative estimate of drug-likeness (QED) is 0.783. The monoisotopic (exact) mass is 281 g/mol. The molecule has 19 heavy (non-hydrogen) atoms. The molecule has 2 saturated carbocycles. The lowest BCUT2D eigenvalue weighted by molar-refractivity contribution is 0.133. The molecule has 0 unspecified atom stereocenters. The van der Waals surface area contributed by atoms with Crippen LogP contribution in [0.4, 0.5) is 0 Å². The van der Waals surface area contributed by atoms with Crippen LogP contribution in [-0.4, -0.2) is 53.2 Å². The van der Waals surface area contributed by atoms with Gasteiger partial charge in [0.15, 0.2) is 5.11 Å². The molecule has 0 spiro atoms. The molecule has 108 valence electrons. The van der Waals surface area contributed by atoms with Gasteiger partial charge in [0.05, 0.1) is 0 Å². The van der Waals surface area contributed by atoms with E-state index in [0.717, 1.165) is 24.2 Å². The molecule has 0 aromatic rings. The fraction of sp³-hybridized carbons (Fsp3) is 0.933. The van der Waals surface area contributed by atoms with Gasteiger partial charge in [-0.2, -0.15) is 0 Å². The largest absolute Gasteiger partial charge is 0.360 e. The lowest BCUT2D eigenvalue weighted by Crippen LogP contribution is -2.54. The Morgan fingerprint density at radius 3 is 2.05 bits per heavy atom. The number of thiocarbonyl (C=S) groups is 1. The van der Waals surface area contributed by atoms with Crippen LogP contribution in [0.25, 0.3) is 0 Å². The van der Waals surface area contributed by atoms with Gasteiger partial charge in [0.2, 0.25) is 0 Å². The maximum Gasteiger partial charge on any atom is 0.169 e. The van der Waals surface area contributed by atoms with Crippen LogP contribution in [0, 0.1) is 0 Å². The van der Waals surface area contributed by atoms with Crippen molar-refractivity contribution in [1.29, 1.82) is 0 Å². The maximum atomic E-state index is 5.58. The molecule has 0 amide bonds. The van der Waals surface area contributed by atoms with E-state index in [4.69, 9.17) is 12.2 Å². The molecule has 3 rings (SSSR count). The van der Waals surface area contributed by atoms with Crippen LogP contribution in [0.1, 0.15) is 51.4 Å². The topological polar surface area (TPSA) is 18.5 Å². The van der Waals surface area contributed by atoms with E-state index in [1.165, 1.54) is 64.5 Å². The van der Waals surface area contributed by atoms with Crippen molar-refractivity contribution in [3.05, 3.63) is 0 Å². The van der Waals surface area contributed by atoms with Gasteiger partial charge in [0.25, 0.3) is 0 Å². The van der Waals surface area contributed by atoms with E-state index in [0.29, 0.717) is 6.04 Å². The standard InChI is InChI=1S/C15H27N3S/c19-15(16-13-5-1-2-6-13)18-11-9-17(10-12-18)14-7-3-4-8-14/h13-14H,1-12H2,(H,16,19). The fourth-order valence-corrected chi connectivity index (χ4v) is 4.24. The van der Waals surface area contributed by atoms with Crippen molar-refractivity contribution in [3.8, 4) is 0 Å². The first-order valence-electron chi connectivity index (χ1n) is 8.12. The molecule has 1 aliphatic heterocycles. The van der Waals surface area contributed by atoms with Crippen molar-refractivity contribution < 1.29 is 0 Å². The number of hydrogen-bond acceptors (Lipinski definition) is 2. The second-order valence-corrected chi connectivity index (χ2v) is 6.78. The highest BCUT2D eigenvalue weighted by atomic mass is 32.1. The van der Waals surface area contributed by atoms with E-state index >= 15 is 0 Å². The average molecular weight is 281 g/mol. The molecule has 4 heteroatoms. The molecule has 2 aliphatic carbocycles. The molecule has 0 aromatic carbocycles. The van der Waals surface area contributed by atoms with Crippen LogP contribution >= 0.6 is 12.2 Å². The van der Waals surface area contributed by atoms with E-state index in [1.807, 2.05) is 0 Å². The maximum absolute atomic E-state index is 5.58. The second kappa shape index (κ2) is 6.40. The Morgan fingerprint density at radius 1 is 0.842 bits per heavy atom. The van der Waals surface area contributed by atoms with Crippen molar-refractivity contribution in [1.82, 2.24) is 15.1 Å². The SMILES string of the molecule is S=C(NC1CCCC1)N1CCN(C2CCCC2)CC1. The number of piperazine rings is 1. The van der Waals surface area contributed by atoms with Gasteiger partial charge in [0, 0.05) is 38.3 Å². The second-order valence-electron chi connectivity index (χ2n) is 6.39. The predicted octanol–water partition coefficient (Wildman–Crippen LogP) is 2.36. The highest BCUT2D eigenvalue weighted by Crippen LogP contribution is 2.24. The Labute approximate surface area is 122 Å². The minimum atomic E-state index is 0.653. The number of hydrogen-bond donors (Lipinski definition) is 1. The van der Waals surface area contributed by atoms with E-state index in [1.54, 1.807) is 0 Å². The van der Waals surface area contributed by atoms with Crippen LogP contribution in [0.15, 0.2) is 0 Å². The third-order valence-corrected chi connectivity index (χ3v) is 5.50. The summed E-state index contributed by atoms with van der Waals surface area (Å²) in [6.45, 7) is 4.65. The summed E-state index contributed by atoms with van der Waals surface area (Å²) in [5.74, 6) is 0. The minimum Gasteiger partial charge on any atom is -0.360 e. The average Bonchev–Trinajstić information content (AvgIpc) is 3.12. The van der Waals surface area contributed by atoms with E-state index < -0.39 is 0 Å². The summed E-state index contributed by atoms with van der Waals surface area (Å²) in [5, 5.41) is 4.58. The first-order chi connectivity index (χ1) is 9.33. The molecule has 1 N–H and O–H groups in total. The van der Waals surface area contributed by atoms with Gasteiger partial charge >= 0.3 is 0 Å². The Balaban J connectivity index is 1.42. The van der Waals surface area contributed by atoms with Gasteiger partial charge in [-0.15, -0.1) is 0 Å². The van der Waals surface area contributed by atoms with E-state index in [2.05, 4.69) is 15.1 Å². The normalized spacial score (nSPS) is 27.1. The van der Waals surface area contributed by atoms with Gasteiger partial charge in [-0.25, -0.2) is 0 Å². The fourth-order valence-electron chi connectivity index (χ4n) is 3.90.